The van der Waals surface area contributed by atoms with Crippen LogP contribution >= 0.6 is 0 Å². The lowest BCUT2D eigenvalue weighted by molar-refractivity contribution is -0.167. The first-order valence-electron chi connectivity index (χ1n) is 38.2. The molecule has 0 spiro atoms. The SMILES string of the molecule is CCCCCC/C=C\CCCCCCCC(=O)OCC(COC(=O)CCCCCCCCCCCCCCCCCCCCCCCCCCCCCCCCCCCCC)OC(=O)CCCCCCCCCCCCCCCCCCC. The first kappa shape index (κ1) is 81.2. The Balaban J connectivity index is 4.03. The van der Waals surface area contributed by atoms with E-state index in [9.17, 15) is 14.4 Å². The van der Waals surface area contributed by atoms with Crippen LogP contribution in [-0.2, 0) is 28.6 Å². The van der Waals surface area contributed by atoms with Crippen molar-refractivity contribution >= 4 is 17.9 Å². The van der Waals surface area contributed by atoms with Crippen LogP contribution in [0.4, 0.5) is 0 Å². The molecule has 0 bridgehead atoms. The van der Waals surface area contributed by atoms with E-state index in [1.807, 2.05) is 0 Å². The fraction of sp³-hybridized carbons (Fsp3) is 0.935. The van der Waals surface area contributed by atoms with E-state index in [0.29, 0.717) is 19.3 Å². The molecule has 6 heteroatoms. The molecular formula is C77H148O6. The third-order valence-corrected chi connectivity index (χ3v) is 17.8. The van der Waals surface area contributed by atoms with Crippen molar-refractivity contribution in [2.45, 2.75) is 451 Å². The van der Waals surface area contributed by atoms with Gasteiger partial charge in [-0.25, -0.2) is 0 Å². The predicted octanol–water partition coefficient (Wildman–Crippen LogP) is 26.3. The van der Waals surface area contributed by atoms with Crippen molar-refractivity contribution in [1.29, 1.82) is 0 Å². The van der Waals surface area contributed by atoms with Gasteiger partial charge in [0.1, 0.15) is 13.2 Å². The minimum Gasteiger partial charge on any atom is -0.462 e. The average Bonchev–Trinajstić information content (AvgIpc) is 3.49. The van der Waals surface area contributed by atoms with Gasteiger partial charge in [0, 0.05) is 19.3 Å². The summed E-state index contributed by atoms with van der Waals surface area (Å²) in [6.07, 6.45) is 88.6. The molecule has 6 nitrogen and oxygen atoms in total. The number of unbranched alkanes of at least 4 members (excludes halogenated alkanes) is 59. The predicted molar refractivity (Wildman–Crippen MR) is 363 cm³/mol. The van der Waals surface area contributed by atoms with Gasteiger partial charge in [0.05, 0.1) is 0 Å². The van der Waals surface area contributed by atoms with Crippen LogP contribution in [-0.4, -0.2) is 37.2 Å². The topological polar surface area (TPSA) is 78.9 Å². The molecule has 0 fully saturated rings. The summed E-state index contributed by atoms with van der Waals surface area (Å²) in [5, 5.41) is 0. The molecule has 0 saturated carbocycles. The Hall–Kier alpha value is -1.85. The summed E-state index contributed by atoms with van der Waals surface area (Å²) in [7, 11) is 0. The number of ether oxygens (including phenoxy) is 3. The van der Waals surface area contributed by atoms with Crippen LogP contribution in [0.15, 0.2) is 12.2 Å². The highest BCUT2D eigenvalue weighted by molar-refractivity contribution is 5.71. The van der Waals surface area contributed by atoms with Gasteiger partial charge in [-0.2, -0.15) is 0 Å². The summed E-state index contributed by atoms with van der Waals surface area (Å²) in [5.41, 5.74) is 0. The maximum absolute atomic E-state index is 12.9. The Labute approximate surface area is 520 Å². The summed E-state index contributed by atoms with van der Waals surface area (Å²) in [5.74, 6) is -0.839. The van der Waals surface area contributed by atoms with Gasteiger partial charge in [0.25, 0.3) is 0 Å². The van der Waals surface area contributed by atoms with Crippen molar-refractivity contribution in [2.24, 2.45) is 0 Å². The van der Waals surface area contributed by atoms with Gasteiger partial charge in [-0.1, -0.05) is 392 Å². The minimum atomic E-state index is -0.770. The lowest BCUT2D eigenvalue weighted by atomic mass is 10.0. The lowest BCUT2D eigenvalue weighted by Gasteiger charge is -2.18. The molecular weight excluding hydrogens is 1020 g/mol. The fourth-order valence-corrected chi connectivity index (χ4v) is 12.0. The van der Waals surface area contributed by atoms with E-state index < -0.39 is 6.10 Å². The Morgan fingerprint density at radius 2 is 0.398 bits per heavy atom. The number of hydrogen-bond acceptors (Lipinski definition) is 6. The van der Waals surface area contributed by atoms with Crippen LogP contribution < -0.4 is 0 Å². The molecule has 83 heavy (non-hydrogen) atoms. The van der Waals surface area contributed by atoms with Crippen LogP contribution in [0.1, 0.15) is 445 Å². The number of rotatable bonds is 72. The maximum Gasteiger partial charge on any atom is 0.306 e. The Morgan fingerprint density at radius 3 is 0.614 bits per heavy atom. The highest BCUT2D eigenvalue weighted by Gasteiger charge is 2.20. The van der Waals surface area contributed by atoms with Crippen LogP contribution in [0.5, 0.6) is 0 Å². The molecule has 0 aromatic heterocycles. The van der Waals surface area contributed by atoms with E-state index in [-0.39, 0.29) is 31.1 Å². The smallest absolute Gasteiger partial charge is 0.306 e. The zero-order valence-corrected chi connectivity index (χ0v) is 56.8. The third-order valence-electron chi connectivity index (χ3n) is 17.8. The van der Waals surface area contributed by atoms with Crippen molar-refractivity contribution in [3.05, 3.63) is 12.2 Å². The third kappa shape index (κ3) is 70.8. The second-order valence-electron chi connectivity index (χ2n) is 26.3. The molecule has 0 aliphatic heterocycles. The summed E-state index contributed by atoms with van der Waals surface area (Å²) >= 11 is 0. The molecule has 0 radical (unpaired) electrons. The Kier molecular flexibility index (Phi) is 71.0. The van der Waals surface area contributed by atoms with Gasteiger partial charge in [-0.3, -0.25) is 14.4 Å². The van der Waals surface area contributed by atoms with E-state index >= 15 is 0 Å². The summed E-state index contributed by atoms with van der Waals surface area (Å²) in [4.78, 5) is 38.4. The molecule has 1 atom stereocenters. The zero-order chi connectivity index (χ0) is 59.9. The van der Waals surface area contributed by atoms with E-state index in [4.69, 9.17) is 14.2 Å². The van der Waals surface area contributed by atoms with Gasteiger partial charge in [0.15, 0.2) is 6.10 Å². The molecule has 0 saturated heterocycles. The first-order valence-corrected chi connectivity index (χ1v) is 38.2. The highest BCUT2D eigenvalue weighted by atomic mass is 16.6. The molecule has 492 valence electrons. The minimum absolute atomic E-state index is 0.0657. The maximum atomic E-state index is 12.9. The normalized spacial score (nSPS) is 12.0. The fourth-order valence-electron chi connectivity index (χ4n) is 12.0. The summed E-state index contributed by atoms with van der Waals surface area (Å²) in [6, 6.07) is 0. The first-order chi connectivity index (χ1) is 41.0. The summed E-state index contributed by atoms with van der Waals surface area (Å²) in [6.45, 7) is 6.71. The number of esters is 3. The van der Waals surface area contributed by atoms with E-state index in [1.54, 1.807) is 0 Å². The number of hydrogen-bond donors (Lipinski definition) is 0. The average molecular weight is 1170 g/mol. The van der Waals surface area contributed by atoms with Gasteiger partial charge in [-0.05, 0) is 44.9 Å². The van der Waals surface area contributed by atoms with E-state index in [1.165, 1.54) is 340 Å². The van der Waals surface area contributed by atoms with Crippen LogP contribution in [0.25, 0.3) is 0 Å². The molecule has 0 amide bonds. The van der Waals surface area contributed by atoms with Gasteiger partial charge < -0.3 is 14.2 Å². The quantitative estimate of drug-likeness (QED) is 0.0261. The van der Waals surface area contributed by atoms with Crippen molar-refractivity contribution in [3.8, 4) is 0 Å². The molecule has 0 heterocycles. The molecule has 0 rings (SSSR count). The van der Waals surface area contributed by atoms with Crippen molar-refractivity contribution in [2.75, 3.05) is 13.2 Å². The van der Waals surface area contributed by atoms with Crippen molar-refractivity contribution in [1.82, 2.24) is 0 Å². The molecule has 0 N–H and O–H groups in total. The molecule has 0 aliphatic rings. The second kappa shape index (κ2) is 72.6. The Bertz CT molecular complexity index is 1300. The van der Waals surface area contributed by atoms with Crippen LogP contribution in [0.3, 0.4) is 0 Å². The Morgan fingerprint density at radius 1 is 0.229 bits per heavy atom. The molecule has 0 aromatic rings. The van der Waals surface area contributed by atoms with E-state index in [0.717, 1.165) is 64.2 Å². The number of allylic oxidation sites excluding steroid dienone is 2. The lowest BCUT2D eigenvalue weighted by Crippen LogP contribution is -2.30. The summed E-state index contributed by atoms with van der Waals surface area (Å²) < 4.78 is 17.0. The number of carbonyl (C=O) groups excluding carboxylic acids is 3. The standard InChI is InChI=1S/C77H148O6/c1-4-7-10-13-16-19-22-25-27-29-30-31-32-33-34-35-36-37-38-39-40-41-42-43-44-45-46-48-49-52-55-58-61-64-67-70-76(79)82-73-74(72-81-75(78)69-66-63-60-57-54-51-24-21-18-15-12-9-6-3)83-77(80)71-68-65-62-59-56-53-50-47-28-26-23-20-17-14-11-8-5-2/h21,24,74H,4-20,22-23,25-73H2,1-3H3/b24-21-. The van der Waals surface area contributed by atoms with Gasteiger partial charge in [-0.15, -0.1) is 0 Å². The largest absolute Gasteiger partial charge is 0.462 e. The van der Waals surface area contributed by atoms with Crippen LogP contribution in [0.2, 0.25) is 0 Å². The van der Waals surface area contributed by atoms with E-state index in [2.05, 4.69) is 32.9 Å². The van der Waals surface area contributed by atoms with Crippen molar-refractivity contribution in [3.63, 3.8) is 0 Å². The molecule has 0 aromatic carbocycles. The second-order valence-corrected chi connectivity index (χ2v) is 26.3. The van der Waals surface area contributed by atoms with Gasteiger partial charge >= 0.3 is 17.9 Å². The highest BCUT2D eigenvalue weighted by Crippen LogP contribution is 2.20. The van der Waals surface area contributed by atoms with Crippen LogP contribution in [0, 0.1) is 0 Å². The van der Waals surface area contributed by atoms with Crippen molar-refractivity contribution < 1.29 is 28.6 Å². The molecule has 0 aliphatic carbocycles. The monoisotopic (exact) mass is 1170 g/mol. The molecule has 1 unspecified atom stereocenters. The van der Waals surface area contributed by atoms with Gasteiger partial charge in [0.2, 0.25) is 0 Å². The zero-order valence-electron chi connectivity index (χ0n) is 56.8. The number of carbonyl (C=O) groups is 3.